The minimum Gasteiger partial charge on any atom is -0.331 e. The van der Waals surface area contributed by atoms with E-state index in [-0.39, 0.29) is 23.5 Å². The molecule has 3 rings (SSSR count). The summed E-state index contributed by atoms with van der Waals surface area (Å²) in [6.07, 6.45) is 0. The van der Waals surface area contributed by atoms with Gasteiger partial charge in [0.1, 0.15) is 0 Å². The van der Waals surface area contributed by atoms with E-state index in [4.69, 9.17) is 0 Å². The molecule has 1 fully saturated rings. The molecule has 0 radical (unpaired) electrons. The van der Waals surface area contributed by atoms with Gasteiger partial charge in [-0.05, 0) is 18.1 Å². The number of urea groups is 1. The highest BCUT2D eigenvalue weighted by Gasteiger charge is 2.41. The Hall–Kier alpha value is -2.29. The van der Waals surface area contributed by atoms with Crippen LogP contribution in [-0.2, 0) is 0 Å². The molecule has 2 unspecified atom stereocenters. The Morgan fingerprint density at radius 1 is 1.04 bits per heavy atom. The molecule has 0 aromatic heterocycles. The average Bonchev–Trinajstić information content (AvgIpc) is 2.57. The van der Waals surface area contributed by atoms with Gasteiger partial charge in [-0.2, -0.15) is 0 Å². The van der Waals surface area contributed by atoms with Crippen molar-refractivity contribution in [3.05, 3.63) is 71.8 Å². The Morgan fingerprint density at radius 2 is 1.61 bits per heavy atom. The number of nitrogens with zero attached hydrogens (tertiary/aromatic N) is 1. The van der Waals surface area contributed by atoms with E-state index in [1.807, 2.05) is 41.3 Å². The van der Waals surface area contributed by atoms with Gasteiger partial charge in [0.2, 0.25) is 0 Å². The van der Waals surface area contributed by atoms with E-state index in [0.717, 1.165) is 17.7 Å². The van der Waals surface area contributed by atoms with Crippen molar-refractivity contribution in [1.82, 2.24) is 10.2 Å². The second-order valence-electron chi connectivity index (χ2n) is 7.00. The molecular weight excluding hydrogens is 284 g/mol. The first kappa shape index (κ1) is 15.6. The fourth-order valence-electron chi connectivity index (χ4n) is 3.41. The second kappa shape index (κ2) is 6.07. The lowest BCUT2D eigenvalue weighted by molar-refractivity contribution is 0.0836. The lowest BCUT2D eigenvalue weighted by Gasteiger charge is -2.47. The predicted octanol–water partition coefficient (Wildman–Crippen LogP) is 4.54. The van der Waals surface area contributed by atoms with Crippen molar-refractivity contribution in [2.45, 2.75) is 32.9 Å². The molecule has 2 aromatic rings. The molecule has 2 aromatic carbocycles. The Kier molecular flexibility index (Phi) is 4.12. The number of carbonyl (C=O) groups excluding carboxylic acids is 1. The third-order valence-electron chi connectivity index (χ3n) is 4.77. The van der Waals surface area contributed by atoms with E-state index in [2.05, 4.69) is 50.4 Å². The first-order chi connectivity index (χ1) is 11.0. The molecule has 1 aliphatic heterocycles. The van der Waals surface area contributed by atoms with Gasteiger partial charge in [-0.1, -0.05) is 74.5 Å². The minimum atomic E-state index is -0.0433. The molecule has 3 nitrogen and oxygen atoms in total. The Bertz CT molecular complexity index is 667. The first-order valence-electron chi connectivity index (χ1n) is 8.16. The highest BCUT2D eigenvalue weighted by atomic mass is 16.2. The van der Waals surface area contributed by atoms with Gasteiger partial charge >= 0.3 is 6.03 Å². The number of benzene rings is 2. The molecule has 0 aliphatic carbocycles. The molecule has 1 N–H and O–H groups in total. The first-order valence-corrected chi connectivity index (χ1v) is 8.16. The molecule has 23 heavy (non-hydrogen) atoms. The Labute approximate surface area is 138 Å². The Balaban J connectivity index is 1.84. The van der Waals surface area contributed by atoms with Gasteiger partial charge < -0.3 is 10.2 Å². The number of hydrogen-bond acceptors (Lipinski definition) is 1. The van der Waals surface area contributed by atoms with E-state index >= 15 is 0 Å². The predicted molar refractivity (Wildman–Crippen MR) is 93.1 cm³/mol. The average molecular weight is 308 g/mol. The number of nitrogens with one attached hydrogen (secondary N) is 1. The summed E-state index contributed by atoms with van der Waals surface area (Å²) in [5.41, 5.74) is 2.28. The molecule has 1 saturated heterocycles. The van der Waals surface area contributed by atoms with Crippen molar-refractivity contribution < 1.29 is 4.79 Å². The normalized spacial score (nSPS) is 21.6. The van der Waals surface area contributed by atoms with Gasteiger partial charge in [-0.3, -0.25) is 0 Å². The fraction of sp³-hybridized carbons (Fsp3) is 0.350. The third-order valence-corrected chi connectivity index (χ3v) is 4.77. The van der Waals surface area contributed by atoms with Crippen LogP contribution in [0.4, 0.5) is 4.79 Å². The summed E-state index contributed by atoms with van der Waals surface area (Å²) in [5, 5.41) is 3.21. The van der Waals surface area contributed by atoms with E-state index in [1.54, 1.807) is 0 Å². The summed E-state index contributed by atoms with van der Waals surface area (Å²) >= 11 is 0. The minimum absolute atomic E-state index is 0.00883. The highest BCUT2D eigenvalue weighted by Crippen LogP contribution is 2.39. The SMILES string of the molecule is CC(c1ccccc1)N1CC(C)(C)C(c2ccccc2)NC1=O. The van der Waals surface area contributed by atoms with Crippen LogP contribution >= 0.6 is 0 Å². The summed E-state index contributed by atoms with van der Waals surface area (Å²) < 4.78 is 0. The van der Waals surface area contributed by atoms with Crippen molar-refractivity contribution in [2.75, 3.05) is 6.54 Å². The summed E-state index contributed by atoms with van der Waals surface area (Å²) in [5.74, 6) is 0. The lowest BCUT2D eigenvalue weighted by Crippen LogP contribution is -2.56. The lowest BCUT2D eigenvalue weighted by atomic mass is 9.78. The van der Waals surface area contributed by atoms with Crippen molar-refractivity contribution in [2.24, 2.45) is 5.41 Å². The van der Waals surface area contributed by atoms with Gasteiger partial charge in [-0.25, -0.2) is 4.79 Å². The largest absolute Gasteiger partial charge is 0.331 e. The van der Waals surface area contributed by atoms with Gasteiger partial charge in [0, 0.05) is 12.0 Å². The van der Waals surface area contributed by atoms with E-state index in [1.165, 1.54) is 0 Å². The maximum absolute atomic E-state index is 12.7. The topological polar surface area (TPSA) is 32.3 Å². The zero-order chi connectivity index (χ0) is 16.4. The molecular formula is C20H24N2O. The molecule has 1 aliphatic rings. The molecule has 120 valence electrons. The van der Waals surface area contributed by atoms with Crippen molar-refractivity contribution >= 4 is 6.03 Å². The maximum Gasteiger partial charge on any atom is 0.318 e. The summed E-state index contributed by atoms with van der Waals surface area (Å²) in [6.45, 7) is 7.26. The number of amides is 2. The molecule has 2 atom stereocenters. The molecule has 0 spiro atoms. The molecule has 1 heterocycles. The van der Waals surface area contributed by atoms with Crippen LogP contribution in [0.5, 0.6) is 0 Å². The third kappa shape index (κ3) is 3.09. The Morgan fingerprint density at radius 3 is 2.22 bits per heavy atom. The summed E-state index contributed by atoms with van der Waals surface area (Å²) in [7, 11) is 0. The standard InChI is InChI=1S/C20H24N2O/c1-15(16-10-6-4-7-11-16)22-14-20(2,3)18(21-19(22)23)17-12-8-5-9-13-17/h4-13,15,18H,14H2,1-3H3,(H,21,23). The van der Waals surface area contributed by atoms with Gasteiger partial charge in [0.25, 0.3) is 0 Å². The van der Waals surface area contributed by atoms with Crippen LogP contribution in [0, 0.1) is 5.41 Å². The van der Waals surface area contributed by atoms with Gasteiger partial charge in [-0.15, -0.1) is 0 Å². The van der Waals surface area contributed by atoms with Crippen LogP contribution in [0.25, 0.3) is 0 Å². The van der Waals surface area contributed by atoms with E-state index in [0.29, 0.717) is 0 Å². The fourth-order valence-corrected chi connectivity index (χ4v) is 3.41. The van der Waals surface area contributed by atoms with Crippen LogP contribution in [0.15, 0.2) is 60.7 Å². The molecule has 0 saturated carbocycles. The van der Waals surface area contributed by atoms with Crippen LogP contribution in [0.2, 0.25) is 0 Å². The zero-order valence-corrected chi connectivity index (χ0v) is 14.0. The molecule has 0 bridgehead atoms. The number of rotatable bonds is 3. The van der Waals surface area contributed by atoms with Crippen LogP contribution in [0.1, 0.15) is 44.0 Å². The second-order valence-corrected chi connectivity index (χ2v) is 7.00. The van der Waals surface area contributed by atoms with Crippen LogP contribution in [-0.4, -0.2) is 17.5 Å². The molecule has 2 amide bonds. The quantitative estimate of drug-likeness (QED) is 0.887. The zero-order valence-electron chi connectivity index (χ0n) is 14.0. The van der Waals surface area contributed by atoms with Crippen molar-refractivity contribution in [3.8, 4) is 0 Å². The van der Waals surface area contributed by atoms with Crippen LogP contribution < -0.4 is 5.32 Å². The maximum atomic E-state index is 12.7. The van der Waals surface area contributed by atoms with Gasteiger partial charge in [0.15, 0.2) is 0 Å². The van der Waals surface area contributed by atoms with Crippen molar-refractivity contribution in [1.29, 1.82) is 0 Å². The highest BCUT2D eigenvalue weighted by molar-refractivity contribution is 5.76. The summed E-state index contributed by atoms with van der Waals surface area (Å²) in [4.78, 5) is 14.6. The monoisotopic (exact) mass is 308 g/mol. The van der Waals surface area contributed by atoms with Gasteiger partial charge in [0.05, 0.1) is 12.1 Å². The number of hydrogen-bond donors (Lipinski definition) is 1. The number of carbonyl (C=O) groups is 1. The smallest absolute Gasteiger partial charge is 0.318 e. The van der Waals surface area contributed by atoms with Crippen LogP contribution in [0.3, 0.4) is 0 Å². The summed E-state index contributed by atoms with van der Waals surface area (Å²) in [6, 6.07) is 20.5. The molecule has 3 heteroatoms. The van der Waals surface area contributed by atoms with E-state index in [9.17, 15) is 4.79 Å². The van der Waals surface area contributed by atoms with E-state index < -0.39 is 0 Å². The van der Waals surface area contributed by atoms with Crippen molar-refractivity contribution in [3.63, 3.8) is 0 Å².